The monoisotopic (exact) mass is 239 g/mol. The van der Waals surface area contributed by atoms with Crippen LogP contribution in [0.25, 0.3) is 0 Å². The Morgan fingerprint density at radius 3 is 2.81 bits per heavy atom. The first-order valence-electron chi connectivity index (χ1n) is 4.08. The van der Waals surface area contributed by atoms with E-state index >= 15 is 0 Å². The molecular formula is C9H7ClFN5. The van der Waals surface area contributed by atoms with Gasteiger partial charge in [0.2, 0.25) is 5.71 Å². The van der Waals surface area contributed by atoms with E-state index in [2.05, 4.69) is 10.5 Å². The molecule has 7 heteroatoms. The molecule has 0 aliphatic carbocycles. The first-order chi connectivity index (χ1) is 7.54. The lowest BCUT2D eigenvalue weighted by Crippen LogP contribution is -2.21. The molecule has 0 saturated carbocycles. The van der Waals surface area contributed by atoms with Crippen molar-refractivity contribution in [2.24, 2.45) is 10.8 Å². The highest BCUT2D eigenvalue weighted by atomic mass is 35.5. The van der Waals surface area contributed by atoms with Gasteiger partial charge in [-0.3, -0.25) is 10.8 Å². The van der Waals surface area contributed by atoms with E-state index in [1.54, 1.807) is 6.07 Å². The van der Waals surface area contributed by atoms with Crippen LogP contribution in [0, 0.1) is 22.6 Å². The molecule has 0 amide bonds. The number of hydrazone groups is 1. The van der Waals surface area contributed by atoms with Crippen LogP contribution in [0.4, 0.5) is 10.1 Å². The van der Waals surface area contributed by atoms with Crippen LogP contribution < -0.4 is 11.2 Å². The average molecular weight is 240 g/mol. The van der Waals surface area contributed by atoms with Crippen molar-refractivity contribution in [1.82, 2.24) is 0 Å². The Bertz CT molecular complexity index is 491. The number of hydrogen-bond donors (Lipinski definition) is 3. The van der Waals surface area contributed by atoms with E-state index < -0.39 is 11.7 Å². The minimum absolute atomic E-state index is 0.0124. The lowest BCUT2D eigenvalue weighted by molar-refractivity contribution is 0.628. The second kappa shape index (κ2) is 5.09. The van der Waals surface area contributed by atoms with E-state index in [9.17, 15) is 4.39 Å². The van der Waals surface area contributed by atoms with E-state index in [1.807, 2.05) is 0 Å². The summed E-state index contributed by atoms with van der Waals surface area (Å²) in [5.74, 6) is -1.08. The Kier molecular flexibility index (Phi) is 3.80. The number of halogens is 2. The van der Waals surface area contributed by atoms with Crippen molar-refractivity contribution in [2.75, 3.05) is 5.43 Å². The van der Waals surface area contributed by atoms with Gasteiger partial charge in [-0.1, -0.05) is 11.6 Å². The molecule has 82 valence electrons. The summed E-state index contributed by atoms with van der Waals surface area (Å²) in [6, 6.07) is 5.55. The number of benzene rings is 1. The molecule has 0 bridgehead atoms. The quantitative estimate of drug-likeness (QED) is 0.425. The molecule has 0 radical (unpaired) electrons. The van der Waals surface area contributed by atoms with Crippen LogP contribution in [0.5, 0.6) is 0 Å². The van der Waals surface area contributed by atoms with Crippen LogP contribution in [-0.2, 0) is 0 Å². The number of rotatable bonds is 3. The smallest absolute Gasteiger partial charge is 0.201 e. The van der Waals surface area contributed by atoms with Crippen LogP contribution in [0.15, 0.2) is 23.3 Å². The molecule has 0 heterocycles. The van der Waals surface area contributed by atoms with Crippen LogP contribution >= 0.6 is 11.6 Å². The number of amidine groups is 1. The molecule has 0 saturated heterocycles. The Morgan fingerprint density at radius 1 is 1.62 bits per heavy atom. The molecule has 0 aromatic heterocycles. The van der Waals surface area contributed by atoms with E-state index in [4.69, 9.17) is 28.0 Å². The summed E-state index contributed by atoms with van der Waals surface area (Å²) in [6.07, 6.45) is 0. The third-order valence-corrected chi connectivity index (χ3v) is 1.88. The molecular weight excluding hydrogens is 233 g/mol. The summed E-state index contributed by atoms with van der Waals surface area (Å²) < 4.78 is 13.0. The summed E-state index contributed by atoms with van der Waals surface area (Å²) in [6.45, 7) is 0. The Morgan fingerprint density at radius 2 is 2.31 bits per heavy atom. The number of hydrogen-bond acceptors (Lipinski definition) is 4. The summed E-state index contributed by atoms with van der Waals surface area (Å²) in [4.78, 5) is 0. The topological polar surface area (TPSA) is 98.0 Å². The highest BCUT2D eigenvalue weighted by Crippen LogP contribution is 2.18. The number of nitriles is 1. The first-order valence-corrected chi connectivity index (χ1v) is 4.45. The molecule has 0 fully saturated rings. The van der Waals surface area contributed by atoms with Crippen molar-refractivity contribution in [3.05, 3.63) is 29.0 Å². The number of nitrogens with two attached hydrogens (primary N) is 1. The molecule has 0 aliphatic heterocycles. The van der Waals surface area contributed by atoms with Crippen molar-refractivity contribution in [3.63, 3.8) is 0 Å². The lowest BCUT2D eigenvalue weighted by Gasteiger charge is -2.01. The molecule has 0 atom stereocenters. The van der Waals surface area contributed by atoms with Crippen LogP contribution in [0.3, 0.4) is 0 Å². The van der Waals surface area contributed by atoms with Crippen molar-refractivity contribution in [1.29, 1.82) is 10.7 Å². The van der Waals surface area contributed by atoms with E-state index in [-0.39, 0.29) is 10.7 Å². The molecule has 1 aromatic carbocycles. The van der Waals surface area contributed by atoms with Gasteiger partial charge in [-0.25, -0.2) is 4.39 Å². The largest absolute Gasteiger partial charge is 0.382 e. The summed E-state index contributed by atoms with van der Waals surface area (Å²) in [5, 5.41) is 19.0. The molecule has 0 aliphatic rings. The Balaban J connectivity index is 2.86. The molecule has 16 heavy (non-hydrogen) atoms. The summed E-state index contributed by atoms with van der Waals surface area (Å²) in [5.41, 5.74) is 7.47. The minimum atomic E-state index is -0.608. The van der Waals surface area contributed by atoms with E-state index in [0.717, 1.165) is 6.07 Å². The molecule has 5 nitrogen and oxygen atoms in total. The van der Waals surface area contributed by atoms with Crippen molar-refractivity contribution in [3.8, 4) is 6.07 Å². The SMILES string of the molecule is N#C/C(=N\Nc1ccc(Cl)c(F)c1)C(=N)N. The maximum Gasteiger partial charge on any atom is 0.201 e. The molecule has 0 spiro atoms. The number of nitrogens with zero attached hydrogens (tertiary/aromatic N) is 2. The van der Waals surface area contributed by atoms with Gasteiger partial charge in [-0.05, 0) is 12.1 Å². The standard InChI is InChI=1S/C9H7ClFN5/c10-6-2-1-5(3-7(6)11)15-16-8(4-12)9(13)14/h1-3,15H,(H3,13,14)/b16-8+. The zero-order valence-corrected chi connectivity index (χ0v) is 8.72. The molecule has 1 aromatic rings. The summed E-state index contributed by atoms with van der Waals surface area (Å²) in [7, 11) is 0. The Hall–Kier alpha value is -2.13. The maximum atomic E-state index is 13.0. The van der Waals surface area contributed by atoms with Gasteiger partial charge in [0.1, 0.15) is 11.9 Å². The second-order valence-electron chi connectivity index (χ2n) is 2.73. The predicted molar refractivity (Wildman–Crippen MR) is 60.0 cm³/mol. The predicted octanol–water partition coefficient (Wildman–Crippen LogP) is 1.71. The average Bonchev–Trinajstić information content (AvgIpc) is 2.23. The van der Waals surface area contributed by atoms with E-state index in [1.165, 1.54) is 12.1 Å². The van der Waals surface area contributed by atoms with Gasteiger partial charge in [0.15, 0.2) is 5.84 Å². The first kappa shape index (κ1) is 11.9. The van der Waals surface area contributed by atoms with Gasteiger partial charge >= 0.3 is 0 Å². The van der Waals surface area contributed by atoms with E-state index in [0.29, 0.717) is 5.69 Å². The van der Waals surface area contributed by atoms with Crippen LogP contribution in [0.2, 0.25) is 5.02 Å². The highest BCUT2D eigenvalue weighted by molar-refractivity contribution is 6.45. The molecule has 4 N–H and O–H groups in total. The normalized spacial score (nSPS) is 10.7. The van der Waals surface area contributed by atoms with Crippen molar-refractivity contribution in [2.45, 2.75) is 0 Å². The highest BCUT2D eigenvalue weighted by Gasteiger charge is 2.02. The summed E-state index contributed by atoms with van der Waals surface area (Å²) >= 11 is 5.48. The van der Waals surface area contributed by atoms with Crippen LogP contribution in [-0.4, -0.2) is 11.5 Å². The zero-order chi connectivity index (χ0) is 12.1. The minimum Gasteiger partial charge on any atom is -0.382 e. The van der Waals surface area contributed by atoms with Gasteiger partial charge in [0, 0.05) is 6.07 Å². The second-order valence-corrected chi connectivity index (χ2v) is 3.13. The zero-order valence-electron chi connectivity index (χ0n) is 7.96. The molecule has 0 unspecified atom stereocenters. The fourth-order valence-corrected chi connectivity index (χ4v) is 0.949. The fourth-order valence-electron chi connectivity index (χ4n) is 0.832. The number of nitrogens with one attached hydrogen (secondary N) is 2. The van der Waals surface area contributed by atoms with Crippen molar-refractivity contribution < 1.29 is 4.39 Å². The van der Waals surface area contributed by atoms with Crippen molar-refractivity contribution >= 4 is 28.8 Å². The Labute approximate surface area is 95.8 Å². The van der Waals surface area contributed by atoms with Gasteiger partial charge in [0.05, 0.1) is 10.7 Å². The lowest BCUT2D eigenvalue weighted by atomic mass is 10.3. The maximum absolute atomic E-state index is 13.0. The van der Waals surface area contributed by atoms with Crippen LogP contribution in [0.1, 0.15) is 0 Å². The van der Waals surface area contributed by atoms with Gasteiger partial charge in [0.25, 0.3) is 0 Å². The number of anilines is 1. The van der Waals surface area contributed by atoms with Gasteiger partial charge in [-0.15, -0.1) is 0 Å². The molecule has 1 rings (SSSR count). The fraction of sp³-hybridized carbons (Fsp3) is 0. The third-order valence-electron chi connectivity index (χ3n) is 1.58. The van der Waals surface area contributed by atoms with Gasteiger partial charge in [-0.2, -0.15) is 10.4 Å². The van der Waals surface area contributed by atoms with Gasteiger partial charge < -0.3 is 5.73 Å². The third kappa shape index (κ3) is 2.93.